The normalized spacial score (nSPS) is 17.6. The number of anilines is 1. The number of fused-ring (bicyclic) bond motifs is 1. The van der Waals surface area contributed by atoms with Gasteiger partial charge >= 0.3 is 5.97 Å². The molecule has 1 fully saturated rings. The zero-order valence-corrected chi connectivity index (χ0v) is 25.3. The highest BCUT2D eigenvalue weighted by atomic mass is 35.5. The van der Waals surface area contributed by atoms with Crippen LogP contribution in [0.25, 0.3) is 11.0 Å². The Labute approximate surface area is 244 Å². The fourth-order valence-electron chi connectivity index (χ4n) is 5.08. The molecule has 0 spiro atoms. The Balaban J connectivity index is 1.50. The third kappa shape index (κ3) is 6.25. The number of rotatable bonds is 7. The number of piperazine rings is 1. The van der Waals surface area contributed by atoms with Crippen LogP contribution in [0, 0.1) is 11.3 Å². The first-order chi connectivity index (χ1) is 18.8. The first-order valence-corrected chi connectivity index (χ1v) is 14.2. The third-order valence-electron chi connectivity index (χ3n) is 7.18. The van der Waals surface area contributed by atoms with Crippen LogP contribution < -0.4 is 4.90 Å². The number of benzene rings is 2. The molecule has 1 saturated heterocycles. The molecule has 1 N–H and O–H groups in total. The average molecular weight is 588 g/mol. The van der Waals surface area contributed by atoms with Crippen LogP contribution in [0.1, 0.15) is 59.6 Å². The van der Waals surface area contributed by atoms with Gasteiger partial charge in [0.2, 0.25) is 5.91 Å². The van der Waals surface area contributed by atoms with Gasteiger partial charge in [0.25, 0.3) is 0 Å². The second-order valence-corrected chi connectivity index (χ2v) is 12.1. The maximum atomic E-state index is 13.5. The van der Waals surface area contributed by atoms with Crippen LogP contribution in [0.3, 0.4) is 0 Å². The van der Waals surface area contributed by atoms with E-state index in [-0.39, 0.29) is 23.7 Å². The summed E-state index contributed by atoms with van der Waals surface area (Å²) >= 11 is 12.6. The minimum Gasteiger partial charge on any atom is -0.455 e. The predicted octanol–water partition coefficient (Wildman–Crippen LogP) is 5.77. The van der Waals surface area contributed by atoms with Gasteiger partial charge in [0.15, 0.2) is 0 Å². The number of aromatic nitrogens is 3. The van der Waals surface area contributed by atoms with E-state index in [1.807, 2.05) is 49.7 Å². The van der Waals surface area contributed by atoms with Gasteiger partial charge in [-0.3, -0.25) is 10.2 Å². The van der Waals surface area contributed by atoms with E-state index in [1.165, 1.54) is 0 Å². The topological polar surface area (TPSA) is 104 Å². The van der Waals surface area contributed by atoms with Crippen LogP contribution in [0.5, 0.6) is 0 Å². The maximum absolute atomic E-state index is 13.5. The second kappa shape index (κ2) is 11.7. The molecule has 0 aliphatic carbocycles. The molecular weight excluding hydrogens is 551 g/mol. The van der Waals surface area contributed by atoms with Gasteiger partial charge < -0.3 is 14.5 Å². The van der Waals surface area contributed by atoms with Gasteiger partial charge in [-0.1, -0.05) is 41.4 Å². The minimum atomic E-state index is -0.832. The molecule has 3 aromatic rings. The number of halogens is 2. The molecule has 3 atom stereocenters. The van der Waals surface area contributed by atoms with Crippen molar-refractivity contribution >= 4 is 57.5 Å². The summed E-state index contributed by atoms with van der Waals surface area (Å²) < 4.78 is 7.20. The lowest BCUT2D eigenvalue weighted by Crippen LogP contribution is -2.56. The quantitative estimate of drug-likeness (QED) is 0.278. The van der Waals surface area contributed by atoms with Gasteiger partial charge in [-0.25, -0.2) is 9.48 Å². The Kier molecular flexibility index (Phi) is 8.75. The highest BCUT2D eigenvalue weighted by Crippen LogP contribution is 2.31. The molecule has 40 heavy (non-hydrogen) atoms. The molecule has 0 unspecified atom stereocenters. The summed E-state index contributed by atoms with van der Waals surface area (Å²) in [5, 5.41) is 18.2. The Morgan fingerprint density at radius 3 is 2.50 bits per heavy atom. The molecule has 0 radical (unpaired) electrons. The third-order valence-corrected chi connectivity index (χ3v) is 7.75. The van der Waals surface area contributed by atoms with Crippen molar-refractivity contribution in [2.24, 2.45) is 5.92 Å². The first-order valence-electron chi connectivity index (χ1n) is 13.5. The monoisotopic (exact) mass is 586 g/mol. The first kappa shape index (κ1) is 29.8. The molecule has 1 aliphatic heterocycles. The van der Waals surface area contributed by atoms with Crippen LogP contribution in [0.4, 0.5) is 5.69 Å². The smallest absolute Gasteiger partial charge is 0.353 e. The molecular formula is C29H36Cl2N6O3. The summed E-state index contributed by atoms with van der Waals surface area (Å²) in [6.45, 7) is 12.7. The number of esters is 1. The number of hydrogen-bond donors (Lipinski definition) is 1. The maximum Gasteiger partial charge on any atom is 0.353 e. The van der Waals surface area contributed by atoms with Crippen molar-refractivity contribution < 1.29 is 14.3 Å². The van der Waals surface area contributed by atoms with E-state index in [1.54, 1.807) is 31.7 Å². The lowest BCUT2D eigenvalue weighted by atomic mass is 9.96. The van der Waals surface area contributed by atoms with Crippen molar-refractivity contribution in [3.05, 3.63) is 52.0 Å². The van der Waals surface area contributed by atoms with Crippen molar-refractivity contribution in [1.82, 2.24) is 19.9 Å². The molecule has 2 aromatic carbocycles. The molecule has 1 amide bonds. The van der Waals surface area contributed by atoms with E-state index in [0.717, 1.165) is 22.3 Å². The number of ether oxygens (including phenoxy) is 1. The summed E-state index contributed by atoms with van der Waals surface area (Å²) in [5.74, 6) is -1.79. The van der Waals surface area contributed by atoms with Gasteiger partial charge in [-0.15, -0.1) is 5.10 Å². The number of hydrogen-bond acceptors (Lipinski definition) is 7. The van der Waals surface area contributed by atoms with Gasteiger partial charge in [-0.05, 0) is 76.9 Å². The summed E-state index contributed by atoms with van der Waals surface area (Å²) in [6.07, 6.45) is 0.354. The summed E-state index contributed by atoms with van der Waals surface area (Å²) in [6, 6.07) is 11.2. The van der Waals surface area contributed by atoms with E-state index in [2.05, 4.69) is 21.3 Å². The minimum absolute atomic E-state index is 0.118. The zero-order chi connectivity index (χ0) is 29.4. The van der Waals surface area contributed by atoms with Crippen molar-refractivity contribution in [1.29, 1.82) is 5.41 Å². The molecule has 4 rings (SSSR count). The van der Waals surface area contributed by atoms with E-state index in [4.69, 9.17) is 33.3 Å². The number of carbonyl (C=O) groups is 2. The predicted molar refractivity (Wildman–Crippen MR) is 159 cm³/mol. The molecule has 0 bridgehead atoms. The van der Waals surface area contributed by atoms with Crippen LogP contribution in [0.2, 0.25) is 10.0 Å². The largest absolute Gasteiger partial charge is 0.455 e. The van der Waals surface area contributed by atoms with Gasteiger partial charge in [0.05, 0.1) is 17.5 Å². The molecule has 1 aromatic heterocycles. The van der Waals surface area contributed by atoms with Gasteiger partial charge in [0.1, 0.15) is 16.8 Å². The molecule has 2 heterocycles. The van der Waals surface area contributed by atoms with E-state index < -0.39 is 17.5 Å². The lowest BCUT2D eigenvalue weighted by Gasteiger charge is -2.42. The Bertz CT molecular complexity index is 1430. The Morgan fingerprint density at radius 1 is 1.15 bits per heavy atom. The average Bonchev–Trinajstić information content (AvgIpc) is 3.31. The summed E-state index contributed by atoms with van der Waals surface area (Å²) in [7, 11) is 0. The molecule has 214 valence electrons. The van der Waals surface area contributed by atoms with Crippen molar-refractivity contribution in [3.8, 4) is 0 Å². The standard InChI is InChI=1S/C29H36Cl2N6O3/c1-7-21(26(32)28(39)40-29(4,5)6)27(38)36-13-12-35(16-17(36)2)20-9-11-24-25(15-20)37(34-33-24)18(3)22-10-8-19(30)14-23(22)31/h8-11,14-15,17-18,21,32H,7,12-13,16H2,1-6H3/t17-,18-,21-/m1/s1. The van der Waals surface area contributed by atoms with Crippen LogP contribution in [-0.4, -0.2) is 68.8 Å². The highest BCUT2D eigenvalue weighted by molar-refractivity contribution is 6.39. The van der Waals surface area contributed by atoms with Gasteiger partial charge in [0, 0.05) is 41.4 Å². The molecule has 1 aliphatic rings. The highest BCUT2D eigenvalue weighted by Gasteiger charge is 2.36. The van der Waals surface area contributed by atoms with E-state index >= 15 is 0 Å². The van der Waals surface area contributed by atoms with E-state index in [0.29, 0.717) is 36.1 Å². The molecule has 9 nitrogen and oxygen atoms in total. The van der Waals surface area contributed by atoms with E-state index in [9.17, 15) is 9.59 Å². The summed E-state index contributed by atoms with van der Waals surface area (Å²) in [5.41, 5.74) is 2.52. The number of carbonyl (C=O) groups excluding carboxylic acids is 2. The fourth-order valence-corrected chi connectivity index (χ4v) is 5.64. The Hall–Kier alpha value is -3.17. The van der Waals surface area contributed by atoms with Crippen LogP contribution in [0.15, 0.2) is 36.4 Å². The zero-order valence-electron chi connectivity index (χ0n) is 23.7. The number of nitrogens with one attached hydrogen (secondary N) is 1. The van der Waals surface area contributed by atoms with Crippen LogP contribution >= 0.6 is 23.2 Å². The second-order valence-electron chi connectivity index (χ2n) is 11.3. The summed E-state index contributed by atoms with van der Waals surface area (Å²) in [4.78, 5) is 30.0. The fraction of sp³-hybridized carbons (Fsp3) is 0.483. The lowest BCUT2D eigenvalue weighted by molar-refractivity contribution is -0.148. The van der Waals surface area contributed by atoms with Crippen molar-refractivity contribution in [3.63, 3.8) is 0 Å². The van der Waals surface area contributed by atoms with Crippen molar-refractivity contribution in [2.45, 2.75) is 65.6 Å². The van der Waals surface area contributed by atoms with Crippen LogP contribution in [-0.2, 0) is 14.3 Å². The number of nitrogens with zero attached hydrogens (tertiary/aromatic N) is 5. The molecule has 11 heteroatoms. The number of amides is 1. The van der Waals surface area contributed by atoms with Crippen molar-refractivity contribution in [2.75, 3.05) is 24.5 Å². The SMILES string of the molecule is CC[C@H](C(=N)C(=O)OC(C)(C)C)C(=O)N1CCN(c2ccc3nnn([C@H](C)c4ccc(Cl)cc4Cl)c3c2)C[C@H]1C. The Morgan fingerprint density at radius 2 is 1.88 bits per heavy atom. The van der Waals surface area contributed by atoms with Gasteiger partial charge in [-0.2, -0.15) is 0 Å². The molecule has 0 saturated carbocycles.